The van der Waals surface area contributed by atoms with Crippen LogP contribution in [0.15, 0.2) is 41.0 Å². The summed E-state index contributed by atoms with van der Waals surface area (Å²) in [5.74, 6) is -0.573. The highest BCUT2D eigenvalue weighted by atomic mass is 79.9. The second kappa shape index (κ2) is 4.88. The van der Waals surface area contributed by atoms with Crippen molar-refractivity contribution in [3.05, 3.63) is 51.8 Å². The highest BCUT2D eigenvalue weighted by molar-refractivity contribution is 9.10. The number of halogens is 2. The fourth-order valence-electron chi connectivity index (χ4n) is 1.99. The third kappa shape index (κ3) is 2.17. The molecule has 1 aromatic carbocycles. The van der Waals surface area contributed by atoms with E-state index in [1.165, 1.54) is 10.9 Å². The maximum Gasteiger partial charge on any atom is 0.268 e. The molecule has 0 aliphatic heterocycles. The van der Waals surface area contributed by atoms with Crippen molar-refractivity contribution in [2.75, 3.05) is 0 Å². The van der Waals surface area contributed by atoms with E-state index in [9.17, 15) is 4.79 Å². The van der Waals surface area contributed by atoms with E-state index in [4.69, 9.17) is 17.3 Å². The number of fused-ring (bicyclic) bond motifs is 1. The number of hydrogen-bond donors (Lipinski definition) is 1. The van der Waals surface area contributed by atoms with Gasteiger partial charge in [-0.25, -0.2) is 9.67 Å². The highest BCUT2D eigenvalue weighted by Crippen LogP contribution is 2.24. The Hall–Kier alpha value is -1.92. The zero-order valence-electron chi connectivity index (χ0n) is 10.0. The van der Waals surface area contributed by atoms with Crippen molar-refractivity contribution in [1.82, 2.24) is 14.8 Å². The molecule has 5 nitrogen and oxygen atoms in total. The topological polar surface area (TPSA) is 73.8 Å². The summed E-state index contributed by atoms with van der Waals surface area (Å²) in [5, 5.41) is 5.26. The summed E-state index contributed by atoms with van der Waals surface area (Å²) in [5.41, 5.74) is 7.04. The molecule has 0 saturated heterocycles. The number of nitrogens with two attached hydrogens (primary N) is 1. The van der Waals surface area contributed by atoms with E-state index in [2.05, 4.69) is 26.0 Å². The summed E-state index contributed by atoms with van der Waals surface area (Å²) in [4.78, 5) is 15.7. The van der Waals surface area contributed by atoms with Gasteiger partial charge in [0.2, 0.25) is 0 Å². The largest absolute Gasteiger partial charge is 0.364 e. The Morgan fingerprint density at radius 2 is 2.15 bits per heavy atom. The standard InChI is InChI=1S/C13H8BrClN4O/c14-7-2-1-3-8(4-7)19-12(13(16)20)9-6-17-11(15)5-10(9)18-19/h1-6H,(H2,16,20). The molecule has 3 aromatic rings. The maximum atomic E-state index is 11.7. The molecule has 0 saturated carbocycles. The summed E-state index contributed by atoms with van der Waals surface area (Å²) >= 11 is 9.23. The van der Waals surface area contributed by atoms with Crippen molar-refractivity contribution < 1.29 is 4.79 Å². The van der Waals surface area contributed by atoms with E-state index in [1.54, 1.807) is 6.07 Å². The molecule has 2 heterocycles. The van der Waals surface area contributed by atoms with Crippen LogP contribution in [0.3, 0.4) is 0 Å². The van der Waals surface area contributed by atoms with Crippen LogP contribution in [-0.2, 0) is 0 Å². The number of carbonyl (C=O) groups is 1. The zero-order valence-corrected chi connectivity index (χ0v) is 12.4. The molecule has 0 unspecified atom stereocenters. The lowest BCUT2D eigenvalue weighted by molar-refractivity contribution is 0.0994. The predicted molar refractivity (Wildman–Crippen MR) is 80.1 cm³/mol. The third-order valence-corrected chi connectivity index (χ3v) is 3.51. The zero-order chi connectivity index (χ0) is 14.3. The minimum Gasteiger partial charge on any atom is -0.364 e. The van der Waals surface area contributed by atoms with Gasteiger partial charge in [-0.15, -0.1) is 0 Å². The molecule has 0 spiro atoms. The van der Waals surface area contributed by atoms with Crippen molar-refractivity contribution in [1.29, 1.82) is 0 Å². The van der Waals surface area contributed by atoms with E-state index >= 15 is 0 Å². The minimum atomic E-state index is -0.573. The van der Waals surface area contributed by atoms with Gasteiger partial charge >= 0.3 is 0 Å². The fraction of sp³-hybridized carbons (Fsp3) is 0. The van der Waals surface area contributed by atoms with Crippen LogP contribution in [0.25, 0.3) is 16.6 Å². The van der Waals surface area contributed by atoms with Gasteiger partial charge < -0.3 is 5.73 Å². The SMILES string of the molecule is NC(=O)c1c2cnc(Cl)cc2nn1-c1cccc(Br)c1. The van der Waals surface area contributed by atoms with Gasteiger partial charge in [-0.3, -0.25) is 4.79 Å². The maximum absolute atomic E-state index is 11.7. The number of benzene rings is 1. The van der Waals surface area contributed by atoms with E-state index in [-0.39, 0.29) is 5.69 Å². The van der Waals surface area contributed by atoms with E-state index < -0.39 is 5.91 Å². The van der Waals surface area contributed by atoms with E-state index in [1.807, 2.05) is 24.3 Å². The number of amides is 1. The monoisotopic (exact) mass is 350 g/mol. The van der Waals surface area contributed by atoms with Crippen LogP contribution in [0, 0.1) is 0 Å². The Morgan fingerprint density at radius 1 is 1.35 bits per heavy atom. The first-order valence-corrected chi connectivity index (χ1v) is 6.83. The lowest BCUT2D eigenvalue weighted by Gasteiger charge is -2.05. The molecule has 2 aromatic heterocycles. The molecule has 0 atom stereocenters. The van der Waals surface area contributed by atoms with E-state index in [0.717, 1.165) is 10.2 Å². The Balaban J connectivity index is 2.35. The number of primary amides is 1. The molecular formula is C13H8BrClN4O. The van der Waals surface area contributed by atoms with Gasteiger partial charge in [0, 0.05) is 16.7 Å². The predicted octanol–water partition coefficient (Wildman–Crippen LogP) is 2.94. The van der Waals surface area contributed by atoms with Crippen molar-refractivity contribution in [3.8, 4) is 5.69 Å². The molecule has 7 heteroatoms. The quantitative estimate of drug-likeness (QED) is 0.721. The number of nitrogens with zero attached hydrogens (tertiary/aromatic N) is 3. The summed E-state index contributed by atoms with van der Waals surface area (Å²) in [6.07, 6.45) is 1.50. The molecule has 1 amide bonds. The molecular weight excluding hydrogens is 344 g/mol. The van der Waals surface area contributed by atoms with Crippen molar-refractivity contribution >= 4 is 44.3 Å². The minimum absolute atomic E-state index is 0.280. The van der Waals surface area contributed by atoms with Crippen LogP contribution in [0.5, 0.6) is 0 Å². The summed E-state index contributed by atoms with van der Waals surface area (Å²) in [7, 11) is 0. The summed E-state index contributed by atoms with van der Waals surface area (Å²) < 4.78 is 2.37. The van der Waals surface area contributed by atoms with Crippen LogP contribution in [0.4, 0.5) is 0 Å². The van der Waals surface area contributed by atoms with Crippen molar-refractivity contribution in [2.45, 2.75) is 0 Å². The number of carbonyl (C=O) groups excluding carboxylic acids is 1. The fourth-order valence-corrected chi connectivity index (χ4v) is 2.53. The highest BCUT2D eigenvalue weighted by Gasteiger charge is 2.18. The first-order valence-electron chi connectivity index (χ1n) is 5.66. The van der Waals surface area contributed by atoms with Gasteiger partial charge in [0.05, 0.1) is 16.6 Å². The van der Waals surface area contributed by atoms with Crippen LogP contribution >= 0.6 is 27.5 Å². The average Bonchev–Trinajstić information content (AvgIpc) is 2.77. The van der Waals surface area contributed by atoms with Gasteiger partial charge in [-0.1, -0.05) is 33.6 Å². The molecule has 0 radical (unpaired) electrons. The lowest BCUT2D eigenvalue weighted by Crippen LogP contribution is -2.17. The molecule has 0 aliphatic carbocycles. The summed E-state index contributed by atoms with van der Waals surface area (Å²) in [6.45, 7) is 0. The molecule has 0 aliphatic rings. The molecule has 3 rings (SSSR count). The molecule has 20 heavy (non-hydrogen) atoms. The van der Waals surface area contributed by atoms with Crippen LogP contribution < -0.4 is 5.73 Å². The van der Waals surface area contributed by atoms with E-state index in [0.29, 0.717) is 16.1 Å². The normalized spacial score (nSPS) is 10.9. The van der Waals surface area contributed by atoms with Crippen LogP contribution in [0.2, 0.25) is 5.15 Å². The lowest BCUT2D eigenvalue weighted by atomic mass is 10.2. The van der Waals surface area contributed by atoms with Crippen LogP contribution in [0.1, 0.15) is 10.5 Å². The number of aromatic nitrogens is 3. The Labute approximate surface area is 127 Å². The van der Waals surface area contributed by atoms with Gasteiger partial charge in [-0.05, 0) is 18.2 Å². The molecule has 0 bridgehead atoms. The van der Waals surface area contributed by atoms with Gasteiger partial charge in [0.1, 0.15) is 10.8 Å². The van der Waals surface area contributed by atoms with Gasteiger partial charge in [0.25, 0.3) is 5.91 Å². The number of pyridine rings is 1. The first-order chi connectivity index (χ1) is 9.56. The molecule has 0 fully saturated rings. The number of hydrogen-bond acceptors (Lipinski definition) is 3. The van der Waals surface area contributed by atoms with Gasteiger partial charge in [0.15, 0.2) is 0 Å². The van der Waals surface area contributed by atoms with Crippen molar-refractivity contribution in [3.63, 3.8) is 0 Å². The smallest absolute Gasteiger partial charge is 0.268 e. The Morgan fingerprint density at radius 3 is 2.85 bits per heavy atom. The van der Waals surface area contributed by atoms with Gasteiger partial charge in [-0.2, -0.15) is 5.10 Å². The molecule has 2 N–H and O–H groups in total. The Kier molecular flexibility index (Phi) is 3.19. The van der Waals surface area contributed by atoms with Crippen molar-refractivity contribution in [2.24, 2.45) is 5.73 Å². The second-order valence-electron chi connectivity index (χ2n) is 4.13. The molecule has 100 valence electrons. The average molecular weight is 352 g/mol. The second-order valence-corrected chi connectivity index (χ2v) is 5.43. The van der Waals surface area contributed by atoms with Crippen LogP contribution in [-0.4, -0.2) is 20.7 Å². The third-order valence-electron chi connectivity index (χ3n) is 2.81. The number of rotatable bonds is 2. The Bertz CT molecular complexity index is 830. The summed E-state index contributed by atoms with van der Waals surface area (Å²) in [6, 6.07) is 9.00. The first kappa shape index (κ1) is 13.1.